The molecule has 1 aromatic carbocycles. The molecule has 138 valence electrons. The van der Waals surface area contributed by atoms with Crippen LogP contribution >= 0.6 is 11.6 Å². The highest BCUT2D eigenvalue weighted by molar-refractivity contribution is 6.76. The number of alkyl halides is 3. The molecule has 0 amide bonds. The van der Waals surface area contributed by atoms with Gasteiger partial charge in [-0.05, 0) is 23.7 Å². The van der Waals surface area contributed by atoms with Crippen molar-refractivity contribution in [2.75, 3.05) is 12.3 Å². The first kappa shape index (κ1) is 19.8. The summed E-state index contributed by atoms with van der Waals surface area (Å²) < 4.78 is 46.3. The van der Waals surface area contributed by atoms with Crippen LogP contribution in [0.1, 0.15) is 5.56 Å². The fourth-order valence-electron chi connectivity index (χ4n) is 2.14. The van der Waals surface area contributed by atoms with Gasteiger partial charge in [-0.3, -0.25) is 0 Å². The molecule has 2 aromatic rings. The van der Waals surface area contributed by atoms with Crippen LogP contribution in [0.4, 0.5) is 18.9 Å². The van der Waals surface area contributed by atoms with Crippen molar-refractivity contribution in [1.82, 2.24) is 9.78 Å². The van der Waals surface area contributed by atoms with Crippen molar-refractivity contribution in [2.24, 2.45) is 0 Å². The summed E-state index contributed by atoms with van der Waals surface area (Å²) in [6.45, 7) is 7.65. The first-order valence-corrected chi connectivity index (χ1v) is 11.8. The Balaban J connectivity index is 2.13. The van der Waals surface area contributed by atoms with Crippen LogP contribution in [0.3, 0.4) is 0 Å². The number of aromatic nitrogens is 2. The van der Waals surface area contributed by atoms with E-state index in [4.69, 9.17) is 22.1 Å². The van der Waals surface area contributed by atoms with Gasteiger partial charge in [0, 0.05) is 26.4 Å². The second-order valence-corrected chi connectivity index (χ2v) is 13.1. The molecule has 1 aromatic heterocycles. The lowest BCUT2D eigenvalue weighted by Crippen LogP contribution is -2.22. The maximum atomic E-state index is 13.1. The summed E-state index contributed by atoms with van der Waals surface area (Å²) in [4.78, 5) is 0. The van der Waals surface area contributed by atoms with Gasteiger partial charge >= 0.3 is 6.18 Å². The molecular formula is C16H21ClF3N3OSi. The van der Waals surface area contributed by atoms with Crippen LogP contribution in [-0.4, -0.2) is 24.5 Å². The highest BCUT2D eigenvalue weighted by Crippen LogP contribution is 2.39. The zero-order valence-electron chi connectivity index (χ0n) is 14.3. The molecule has 0 unspecified atom stereocenters. The van der Waals surface area contributed by atoms with Gasteiger partial charge in [-0.1, -0.05) is 31.2 Å². The summed E-state index contributed by atoms with van der Waals surface area (Å²) in [7, 11) is -1.17. The van der Waals surface area contributed by atoms with Crippen molar-refractivity contribution in [3.05, 3.63) is 35.1 Å². The number of rotatable bonds is 6. The van der Waals surface area contributed by atoms with E-state index in [9.17, 15) is 13.2 Å². The Morgan fingerprint density at radius 1 is 1.24 bits per heavy atom. The molecule has 0 saturated heterocycles. The van der Waals surface area contributed by atoms with E-state index < -0.39 is 25.5 Å². The number of nitrogens with two attached hydrogens (primary N) is 1. The Morgan fingerprint density at radius 2 is 1.92 bits per heavy atom. The standard InChI is InChI=1S/C16H21ClF3N3OSi/c1-25(2,3)5-4-24-10-23-9-12(8-22-23)11-6-13(16(18,19)20)15(21)14(17)7-11/h6-9H,4-5,10,21H2,1-3H3. The molecule has 0 aliphatic rings. The van der Waals surface area contributed by atoms with Gasteiger partial charge in [0.15, 0.2) is 0 Å². The highest BCUT2D eigenvalue weighted by atomic mass is 35.5. The van der Waals surface area contributed by atoms with Crippen LogP contribution in [0.25, 0.3) is 11.1 Å². The molecule has 0 bridgehead atoms. The number of nitrogen functional groups attached to an aromatic ring is 1. The summed E-state index contributed by atoms with van der Waals surface area (Å²) in [5.74, 6) is 0. The first-order chi connectivity index (χ1) is 11.5. The second kappa shape index (κ2) is 7.39. The topological polar surface area (TPSA) is 53.1 Å². The van der Waals surface area contributed by atoms with E-state index >= 15 is 0 Å². The van der Waals surface area contributed by atoms with E-state index in [1.54, 1.807) is 6.20 Å². The van der Waals surface area contributed by atoms with Crippen LogP contribution in [0.5, 0.6) is 0 Å². The zero-order valence-corrected chi connectivity index (χ0v) is 16.1. The van der Waals surface area contributed by atoms with Gasteiger partial charge in [0.25, 0.3) is 0 Å². The molecule has 2 rings (SSSR count). The molecule has 0 aliphatic heterocycles. The lowest BCUT2D eigenvalue weighted by molar-refractivity contribution is -0.136. The van der Waals surface area contributed by atoms with Gasteiger partial charge in [0.2, 0.25) is 0 Å². The van der Waals surface area contributed by atoms with Crippen LogP contribution in [0, 0.1) is 0 Å². The number of nitrogens with zero attached hydrogens (tertiary/aromatic N) is 2. The van der Waals surface area contributed by atoms with E-state index in [0.717, 1.165) is 12.1 Å². The lowest BCUT2D eigenvalue weighted by Gasteiger charge is -2.15. The zero-order chi connectivity index (χ0) is 18.8. The van der Waals surface area contributed by atoms with Crippen LogP contribution < -0.4 is 5.73 Å². The SMILES string of the molecule is C[Si](C)(C)CCOCn1cc(-c2cc(Cl)c(N)c(C(F)(F)F)c2)cn1. The Hall–Kier alpha value is -1.51. The molecule has 25 heavy (non-hydrogen) atoms. The minimum absolute atomic E-state index is 0.135. The van der Waals surface area contributed by atoms with Crippen molar-refractivity contribution < 1.29 is 17.9 Å². The Labute approximate surface area is 150 Å². The molecular weight excluding hydrogens is 371 g/mol. The average Bonchev–Trinajstić information content (AvgIpc) is 2.93. The van der Waals surface area contributed by atoms with Gasteiger partial charge in [0.1, 0.15) is 6.73 Å². The normalized spacial score (nSPS) is 12.6. The second-order valence-electron chi connectivity index (χ2n) is 7.03. The Morgan fingerprint density at radius 3 is 2.52 bits per heavy atom. The Kier molecular flexibility index (Phi) is 5.85. The molecule has 0 spiro atoms. The van der Waals surface area contributed by atoms with E-state index in [1.165, 1.54) is 16.9 Å². The van der Waals surface area contributed by atoms with Crippen molar-refractivity contribution in [1.29, 1.82) is 0 Å². The highest BCUT2D eigenvalue weighted by Gasteiger charge is 2.34. The molecule has 0 fully saturated rings. The number of anilines is 1. The van der Waals surface area contributed by atoms with Crippen molar-refractivity contribution in [2.45, 2.75) is 38.6 Å². The summed E-state index contributed by atoms with van der Waals surface area (Å²) >= 11 is 5.85. The number of ether oxygens (including phenoxy) is 1. The molecule has 0 aliphatic carbocycles. The molecule has 0 radical (unpaired) electrons. The Bertz CT molecular complexity index is 741. The smallest absolute Gasteiger partial charge is 0.397 e. The van der Waals surface area contributed by atoms with Crippen LogP contribution in [-0.2, 0) is 17.6 Å². The van der Waals surface area contributed by atoms with Gasteiger partial charge in [0.05, 0.1) is 22.5 Å². The van der Waals surface area contributed by atoms with Crippen molar-refractivity contribution in [3.8, 4) is 11.1 Å². The predicted molar refractivity (Wildman–Crippen MR) is 96.2 cm³/mol. The van der Waals surface area contributed by atoms with E-state index in [1.807, 2.05) is 0 Å². The number of hydrogen-bond acceptors (Lipinski definition) is 3. The third-order valence-electron chi connectivity index (χ3n) is 3.62. The first-order valence-electron chi connectivity index (χ1n) is 7.74. The van der Waals surface area contributed by atoms with Gasteiger partial charge in [-0.15, -0.1) is 0 Å². The number of hydrogen-bond donors (Lipinski definition) is 1. The molecule has 0 atom stereocenters. The number of halogens is 4. The van der Waals surface area contributed by atoms with E-state index in [-0.39, 0.29) is 11.8 Å². The minimum Gasteiger partial charge on any atom is -0.397 e. The van der Waals surface area contributed by atoms with Gasteiger partial charge in [-0.2, -0.15) is 18.3 Å². The van der Waals surface area contributed by atoms with E-state index in [0.29, 0.717) is 17.7 Å². The van der Waals surface area contributed by atoms with Crippen LogP contribution in [0.2, 0.25) is 30.7 Å². The summed E-state index contributed by atoms with van der Waals surface area (Å²) in [5.41, 5.74) is 4.85. The monoisotopic (exact) mass is 391 g/mol. The molecule has 1 heterocycles. The largest absolute Gasteiger partial charge is 0.418 e. The summed E-state index contributed by atoms with van der Waals surface area (Å²) in [6, 6.07) is 3.41. The quantitative estimate of drug-likeness (QED) is 0.422. The van der Waals surface area contributed by atoms with Crippen molar-refractivity contribution >= 4 is 25.4 Å². The summed E-state index contributed by atoms with van der Waals surface area (Å²) in [6.07, 6.45) is -1.47. The molecule has 0 saturated carbocycles. The van der Waals surface area contributed by atoms with Crippen LogP contribution in [0.15, 0.2) is 24.5 Å². The van der Waals surface area contributed by atoms with E-state index in [2.05, 4.69) is 24.7 Å². The summed E-state index contributed by atoms with van der Waals surface area (Å²) in [5, 5.41) is 3.98. The molecule has 9 heteroatoms. The maximum absolute atomic E-state index is 13.1. The molecule has 4 nitrogen and oxygen atoms in total. The third-order valence-corrected chi connectivity index (χ3v) is 5.64. The molecule has 2 N–H and O–H groups in total. The lowest BCUT2D eigenvalue weighted by atomic mass is 10.0. The number of benzene rings is 1. The fourth-order valence-corrected chi connectivity index (χ4v) is 3.11. The average molecular weight is 392 g/mol. The maximum Gasteiger partial charge on any atom is 0.418 e. The van der Waals surface area contributed by atoms with Gasteiger partial charge in [-0.25, -0.2) is 4.68 Å². The predicted octanol–water partition coefficient (Wildman–Crippen LogP) is 5.12. The minimum atomic E-state index is -4.57. The third kappa shape index (κ3) is 5.48. The van der Waals surface area contributed by atoms with Gasteiger partial charge < -0.3 is 10.5 Å². The van der Waals surface area contributed by atoms with Crippen molar-refractivity contribution in [3.63, 3.8) is 0 Å². The fraction of sp³-hybridized carbons (Fsp3) is 0.438.